The normalized spacial score (nSPS) is 16.1. The number of methoxy groups -OCH3 is 1. The molecular weight excluding hydrogens is 208 g/mol. The number of amides is 1. The second kappa shape index (κ2) is 4.89. The minimum absolute atomic E-state index is 0.106. The van der Waals surface area contributed by atoms with Crippen molar-refractivity contribution in [1.29, 1.82) is 0 Å². The number of carbonyl (C=O) groups is 1. The molecule has 2 rings (SSSR count). The lowest BCUT2D eigenvalue weighted by atomic mass is 10.1. The predicted molar refractivity (Wildman–Crippen MR) is 56.9 cm³/mol. The van der Waals surface area contributed by atoms with Crippen LogP contribution in [0.4, 0.5) is 0 Å². The molecule has 0 spiro atoms. The molecule has 1 N–H and O–H groups in total. The molecule has 6 heteroatoms. The smallest absolute Gasteiger partial charge is 0.291 e. The van der Waals surface area contributed by atoms with E-state index < -0.39 is 0 Å². The van der Waals surface area contributed by atoms with Crippen LogP contribution in [0.25, 0.3) is 0 Å². The van der Waals surface area contributed by atoms with Crippen LogP contribution in [0, 0.1) is 0 Å². The number of nitrogens with one attached hydrogen (secondary N) is 1. The molecule has 1 aliphatic rings. The zero-order valence-electron chi connectivity index (χ0n) is 9.14. The predicted octanol–water partition coefficient (Wildman–Crippen LogP) is 0.223. The Morgan fingerprint density at radius 2 is 2.56 bits per heavy atom. The number of aromatic amines is 1. The first-order chi connectivity index (χ1) is 7.81. The third kappa shape index (κ3) is 2.27. The molecule has 0 atom stereocenters. The molecule has 86 valence electrons. The number of carbonyl (C=O) groups excluding carboxylic acids is 1. The number of nitrogens with zero attached hydrogens (tertiary/aromatic N) is 3. The Morgan fingerprint density at radius 1 is 1.69 bits per heavy atom. The third-order valence-electron chi connectivity index (χ3n) is 2.54. The van der Waals surface area contributed by atoms with Crippen molar-refractivity contribution in [2.24, 2.45) is 0 Å². The van der Waals surface area contributed by atoms with Crippen LogP contribution in [-0.4, -0.2) is 52.8 Å². The van der Waals surface area contributed by atoms with E-state index in [9.17, 15) is 4.79 Å². The number of aromatic nitrogens is 3. The van der Waals surface area contributed by atoms with Crippen molar-refractivity contribution in [3.63, 3.8) is 0 Å². The zero-order valence-corrected chi connectivity index (χ0v) is 9.14. The van der Waals surface area contributed by atoms with Crippen LogP contribution >= 0.6 is 0 Å². The van der Waals surface area contributed by atoms with Crippen molar-refractivity contribution in [2.75, 3.05) is 26.8 Å². The number of hydrogen-bond acceptors (Lipinski definition) is 4. The number of H-pyrrole nitrogens is 1. The maximum atomic E-state index is 11.9. The zero-order chi connectivity index (χ0) is 11.4. The first kappa shape index (κ1) is 10.8. The Morgan fingerprint density at radius 3 is 3.12 bits per heavy atom. The molecule has 2 heterocycles. The van der Waals surface area contributed by atoms with Crippen molar-refractivity contribution in [2.45, 2.75) is 6.42 Å². The Bertz CT molecular complexity index is 386. The molecule has 0 fully saturated rings. The Kier molecular flexibility index (Phi) is 3.31. The van der Waals surface area contributed by atoms with Crippen LogP contribution in [0.2, 0.25) is 0 Å². The highest BCUT2D eigenvalue weighted by atomic mass is 16.5. The Hall–Kier alpha value is -1.69. The Balaban J connectivity index is 1.97. The summed E-state index contributed by atoms with van der Waals surface area (Å²) in [6.07, 6.45) is 4.22. The first-order valence-electron chi connectivity index (χ1n) is 5.12. The van der Waals surface area contributed by atoms with Gasteiger partial charge in [-0.25, -0.2) is 4.98 Å². The lowest BCUT2D eigenvalue weighted by Crippen LogP contribution is -2.35. The fourth-order valence-electron chi connectivity index (χ4n) is 1.67. The number of rotatable bonds is 3. The van der Waals surface area contributed by atoms with Gasteiger partial charge in [0.1, 0.15) is 6.33 Å². The molecule has 16 heavy (non-hydrogen) atoms. The van der Waals surface area contributed by atoms with E-state index in [1.807, 2.05) is 6.08 Å². The minimum Gasteiger partial charge on any atom is -0.380 e. The van der Waals surface area contributed by atoms with Crippen LogP contribution < -0.4 is 0 Å². The van der Waals surface area contributed by atoms with Gasteiger partial charge in [-0.3, -0.25) is 9.89 Å². The van der Waals surface area contributed by atoms with Crippen molar-refractivity contribution < 1.29 is 9.53 Å². The van der Waals surface area contributed by atoms with Gasteiger partial charge in [-0.05, 0) is 12.0 Å². The topological polar surface area (TPSA) is 71.1 Å². The van der Waals surface area contributed by atoms with Gasteiger partial charge in [0, 0.05) is 20.2 Å². The van der Waals surface area contributed by atoms with Gasteiger partial charge < -0.3 is 9.64 Å². The second-order valence-electron chi connectivity index (χ2n) is 3.63. The molecule has 1 aliphatic heterocycles. The van der Waals surface area contributed by atoms with Gasteiger partial charge in [0.25, 0.3) is 5.91 Å². The molecular formula is C10H14N4O2. The van der Waals surface area contributed by atoms with Gasteiger partial charge in [0.05, 0.1) is 6.61 Å². The van der Waals surface area contributed by atoms with E-state index in [1.54, 1.807) is 12.0 Å². The van der Waals surface area contributed by atoms with Crippen molar-refractivity contribution >= 4 is 5.91 Å². The van der Waals surface area contributed by atoms with Crippen LogP contribution in [0.3, 0.4) is 0 Å². The second-order valence-corrected chi connectivity index (χ2v) is 3.63. The third-order valence-corrected chi connectivity index (χ3v) is 2.54. The lowest BCUT2D eigenvalue weighted by molar-refractivity contribution is 0.0753. The summed E-state index contributed by atoms with van der Waals surface area (Å²) in [6.45, 7) is 1.96. The lowest BCUT2D eigenvalue weighted by Gasteiger charge is -2.25. The standard InChI is InChI=1S/C10H14N4O2/c1-16-6-8-2-4-14(5-3-8)10(15)9-11-7-12-13-9/h2,7H,3-6H2,1H3,(H,11,12,13). The Labute approximate surface area is 93.3 Å². The highest BCUT2D eigenvalue weighted by molar-refractivity contribution is 5.90. The van der Waals surface area contributed by atoms with Gasteiger partial charge in [0.15, 0.2) is 0 Å². The molecule has 6 nitrogen and oxygen atoms in total. The molecule has 0 radical (unpaired) electrons. The molecule has 1 aromatic heterocycles. The van der Waals surface area contributed by atoms with E-state index in [0.29, 0.717) is 25.5 Å². The summed E-state index contributed by atoms with van der Waals surface area (Å²) >= 11 is 0. The molecule has 0 saturated carbocycles. The molecule has 0 saturated heterocycles. The van der Waals surface area contributed by atoms with Crippen LogP contribution in [0.5, 0.6) is 0 Å². The fourth-order valence-corrected chi connectivity index (χ4v) is 1.67. The minimum atomic E-state index is -0.106. The highest BCUT2D eigenvalue weighted by Gasteiger charge is 2.20. The summed E-state index contributed by atoms with van der Waals surface area (Å²) in [5.74, 6) is 0.189. The van der Waals surface area contributed by atoms with E-state index in [2.05, 4.69) is 15.2 Å². The van der Waals surface area contributed by atoms with Gasteiger partial charge in [-0.15, -0.1) is 0 Å². The molecule has 0 aromatic carbocycles. The number of hydrogen-bond donors (Lipinski definition) is 1. The fraction of sp³-hybridized carbons (Fsp3) is 0.500. The molecule has 1 aromatic rings. The van der Waals surface area contributed by atoms with E-state index in [-0.39, 0.29) is 5.91 Å². The summed E-state index contributed by atoms with van der Waals surface area (Å²) in [7, 11) is 1.67. The van der Waals surface area contributed by atoms with E-state index in [1.165, 1.54) is 11.9 Å². The summed E-state index contributed by atoms with van der Waals surface area (Å²) in [4.78, 5) is 17.4. The van der Waals surface area contributed by atoms with Gasteiger partial charge in [0.2, 0.25) is 5.82 Å². The van der Waals surface area contributed by atoms with Crippen LogP contribution in [0.1, 0.15) is 17.0 Å². The van der Waals surface area contributed by atoms with Crippen LogP contribution in [-0.2, 0) is 4.74 Å². The monoisotopic (exact) mass is 222 g/mol. The maximum Gasteiger partial charge on any atom is 0.291 e. The van der Waals surface area contributed by atoms with E-state index in [4.69, 9.17) is 4.74 Å². The summed E-state index contributed by atoms with van der Waals surface area (Å²) < 4.78 is 5.05. The maximum absolute atomic E-state index is 11.9. The summed E-state index contributed by atoms with van der Waals surface area (Å²) in [5.41, 5.74) is 1.24. The summed E-state index contributed by atoms with van der Waals surface area (Å²) in [6, 6.07) is 0. The van der Waals surface area contributed by atoms with Gasteiger partial charge in [-0.1, -0.05) is 6.08 Å². The number of ether oxygens (including phenoxy) is 1. The SMILES string of the molecule is COCC1=CCN(C(=O)c2ncn[nH]2)CC1. The van der Waals surface area contributed by atoms with E-state index in [0.717, 1.165) is 6.42 Å². The van der Waals surface area contributed by atoms with Crippen molar-refractivity contribution in [3.05, 3.63) is 23.8 Å². The highest BCUT2D eigenvalue weighted by Crippen LogP contribution is 2.12. The molecule has 0 bridgehead atoms. The van der Waals surface area contributed by atoms with Crippen molar-refractivity contribution in [1.82, 2.24) is 20.1 Å². The van der Waals surface area contributed by atoms with Crippen molar-refractivity contribution in [3.8, 4) is 0 Å². The average Bonchev–Trinajstić information content (AvgIpc) is 2.83. The molecule has 0 unspecified atom stereocenters. The molecule has 0 aliphatic carbocycles. The quantitative estimate of drug-likeness (QED) is 0.743. The molecule has 1 amide bonds. The largest absolute Gasteiger partial charge is 0.380 e. The van der Waals surface area contributed by atoms with Gasteiger partial charge in [-0.2, -0.15) is 5.10 Å². The first-order valence-corrected chi connectivity index (χ1v) is 5.12. The summed E-state index contributed by atoms with van der Waals surface area (Å²) in [5, 5.41) is 6.24. The van der Waals surface area contributed by atoms with Crippen LogP contribution in [0.15, 0.2) is 18.0 Å². The van der Waals surface area contributed by atoms with Gasteiger partial charge >= 0.3 is 0 Å². The average molecular weight is 222 g/mol. The van der Waals surface area contributed by atoms with E-state index >= 15 is 0 Å².